The van der Waals surface area contributed by atoms with Crippen molar-refractivity contribution in [1.82, 2.24) is 10.2 Å². The monoisotopic (exact) mass is 370 g/mol. The van der Waals surface area contributed by atoms with Gasteiger partial charge in [-0.3, -0.25) is 9.59 Å². The fourth-order valence-electron chi connectivity index (χ4n) is 3.33. The Labute approximate surface area is 158 Å². The van der Waals surface area contributed by atoms with Crippen LogP contribution in [0.25, 0.3) is 0 Å². The molecule has 2 aromatic carbocycles. The van der Waals surface area contributed by atoms with Crippen LogP contribution < -0.4 is 10.1 Å². The third-order valence-corrected chi connectivity index (χ3v) is 4.82. The van der Waals surface area contributed by atoms with Crippen molar-refractivity contribution in [3.05, 3.63) is 65.5 Å². The molecule has 1 atom stereocenters. The predicted octanol–water partition coefficient (Wildman–Crippen LogP) is 3.00. The van der Waals surface area contributed by atoms with E-state index in [1.165, 1.54) is 24.3 Å². The maximum atomic E-state index is 13.1. The Morgan fingerprint density at radius 3 is 2.67 bits per heavy atom. The molecule has 3 rings (SSSR count). The zero-order valence-electron chi connectivity index (χ0n) is 15.3. The van der Waals surface area contributed by atoms with Crippen LogP contribution in [-0.2, 0) is 11.3 Å². The topological polar surface area (TPSA) is 58.6 Å². The lowest BCUT2D eigenvalue weighted by Gasteiger charge is -2.32. The van der Waals surface area contributed by atoms with Crippen LogP contribution in [-0.4, -0.2) is 36.9 Å². The smallest absolute Gasteiger partial charge is 0.253 e. The van der Waals surface area contributed by atoms with Crippen LogP contribution in [0.15, 0.2) is 48.5 Å². The average molecular weight is 370 g/mol. The summed E-state index contributed by atoms with van der Waals surface area (Å²) in [7, 11) is 1.60. The van der Waals surface area contributed by atoms with E-state index >= 15 is 0 Å². The zero-order valence-corrected chi connectivity index (χ0v) is 15.3. The van der Waals surface area contributed by atoms with Crippen molar-refractivity contribution >= 4 is 11.8 Å². The highest BCUT2D eigenvalue weighted by Crippen LogP contribution is 2.21. The summed E-state index contributed by atoms with van der Waals surface area (Å²) < 4.78 is 18.4. The van der Waals surface area contributed by atoms with Crippen LogP contribution in [0.1, 0.15) is 28.8 Å². The number of benzene rings is 2. The quantitative estimate of drug-likeness (QED) is 0.880. The molecule has 5 nitrogen and oxygen atoms in total. The van der Waals surface area contributed by atoms with Gasteiger partial charge < -0.3 is 15.0 Å². The van der Waals surface area contributed by atoms with E-state index in [2.05, 4.69) is 5.32 Å². The summed E-state index contributed by atoms with van der Waals surface area (Å²) in [4.78, 5) is 26.8. The number of amides is 2. The van der Waals surface area contributed by atoms with Gasteiger partial charge in [-0.2, -0.15) is 0 Å². The van der Waals surface area contributed by atoms with Gasteiger partial charge in [-0.25, -0.2) is 4.39 Å². The van der Waals surface area contributed by atoms with Crippen LogP contribution >= 0.6 is 0 Å². The van der Waals surface area contributed by atoms with Crippen LogP contribution in [0, 0.1) is 11.7 Å². The van der Waals surface area contributed by atoms with Crippen molar-refractivity contribution in [2.45, 2.75) is 19.4 Å². The Morgan fingerprint density at radius 1 is 1.19 bits per heavy atom. The molecule has 27 heavy (non-hydrogen) atoms. The minimum Gasteiger partial charge on any atom is -0.496 e. The first-order chi connectivity index (χ1) is 13.1. The lowest BCUT2D eigenvalue weighted by molar-refractivity contribution is -0.126. The maximum Gasteiger partial charge on any atom is 0.253 e. The molecule has 1 saturated heterocycles. The van der Waals surface area contributed by atoms with Gasteiger partial charge in [0.25, 0.3) is 5.91 Å². The van der Waals surface area contributed by atoms with Gasteiger partial charge in [0.05, 0.1) is 13.0 Å². The Hall–Kier alpha value is -2.89. The molecule has 1 N–H and O–H groups in total. The second-order valence-corrected chi connectivity index (χ2v) is 6.63. The van der Waals surface area contributed by atoms with Crippen molar-refractivity contribution in [1.29, 1.82) is 0 Å². The lowest BCUT2D eigenvalue weighted by Crippen LogP contribution is -2.45. The molecule has 2 aromatic rings. The first-order valence-corrected chi connectivity index (χ1v) is 9.03. The SMILES string of the molecule is COc1ccccc1CNC(=O)[C@H]1CCCN(C(=O)c2ccc(F)cc2)C1. The van der Waals surface area contributed by atoms with Gasteiger partial charge in [-0.15, -0.1) is 0 Å². The van der Waals surface area contributed by atoms with Crippen LogP contribution in [0.5, 0.6) is 5.75 Å². The maximum absolute atomic E-state index is 13.1. The number of halogens is 1. The molecule has 0 spiro atoms. The Kier molecular flexibility index (Phi) is 6.06. The number of likely N-dealkylation sites (tertiary alicyclic amines) is 1. The highest BCUT2D eigenvalue weighted by atomic mass is 19.1. The highest BCUT2D eigenvalue weighted by Gasteiger charge is 2.28. The second-order valence-electron chi connectivity index (χ2n) is 6.63. The molecule has 1 aliphatic rings. The van der Waals surface area contributed by atoms with Gasteiger partial charge in [-0.05, 0) is 43.2 Å². The summed E-state index contributed by atoms with van der Waals surface area (Å²) in [5.74, 6) is -0.138. The number of methoxy groups -OCH3 is 1. The molecule has 1 heterocycles. The lowest BCUT2D eigenvalue weighted by atomic mass is 9.96. The van der Waals surface area contributed by atoms with Crippen molar-refractivity contribution in [3.63, 3.8) is 0 Å². The molecule has 1 aliphatic heterocycles. The minimum atomic E-state index is -0.376. The Balaban J connectivity index is 1.59. The van der Waals surface area contributed by atoms with E-state index in [0.29, 0.717) is 25.2 Å². The third-order valence-electron chi connectivity index (χ3n) is 4.82. The Bertz CT molecular complexity index is 807. The van der Waals surface area contributed by atoms with Gasteiger partial charge in [0.1, 0.15) is 11.6 Å². The Morgan fingerprint density at radius 2 is 1.93 bits per heavy atom. The van der Waals surface area contributed by atoms with Gasteiger partial charge in [-0.1, -0.05) is 18.2 Å². The van der Waals surface area contributed by atoms with Crippen LogP contribution in [0.4, 0.5) is 4.39 Å². The summed E-state index contributed by atoms with van der Waals surface area (Å²) >= 11 is 0. The first-order valence-electron chi connectivity index (χ1n) is 9.03. The van der Waals surface area contributed by atoms with Crippen molar-refractivity contribution < 1.29 is 18.7 Å². The number of nitrogens with zero attached hydrogens (tertiary/aromatic N) is 1. The second kappa shape index (κ2) is 8.66. The van der Waals surface area contributed by atoms with E-state index in [9.17, 15) is 14.0 Å². The molecular formula is C21H23FN2O3. The van der Waals surface area contributed by atoms with Crippen molar-refractivity contribution in [2.75, 3.05) is 20.2 Å². The fourth-order valence-corrected chi connectivity index (χ4v) is 3.33. The first kappa shape index (κ1) is 18.9. The van der Waals surface area contributed by atoms with Crippen molar-refractivity contribution in [2.24, 2.45) is 5.92 Å². The molecule has 6 heteroatoms. The number of hydrogen-bond donors (Lipinski definition) is 1. The number of piperidine rings is 1. The summed E-state index contributed by atoms with van der Waals surface area (Å²) in [6.45, 7) is 1.35. The van der Waals surface area contributed by atoms with E-state index in [4.69, 9.17) is 4.74 Å². The van der Waals surface area contributed by atoms with E-state index in [-0.39, 0.29) is 23.5 Å². The van der Waals surface area contributed by atoms with Gasteiger partial charge in [0, 0.05) is 30.8 Å². The molecule has 2 amide bonds. The zero-order chi connectivity index (χ0) is 19.2. The summed E-state index contributed by atoms with van der Waals surface area (Å²) in [5.41, 5.74) is 1.34. The summed E-state index contributed by atoms with van der Waals surface area (Å²) in [6.07, 6.45) is 1.50. The molecule has 0 unspecified atom stereocenters. The van der Waals surface area contributed by atoms with Gasteiger partial charge in [0.15, 0.2) is 0 Å². The summed E-state index contributed by atoms with van der Waals surface area (Å²) in [6, 6.07) is 13.0. The van der Waals surface area contributed by atoms with E-state index in [1.807, 2.05) is 24.3 Å². The standard InChI is InChI=1S/C21H23FN2O3/c1-27-19-7-3-2-5-16(19)13-23-20(25)17-6-4-12-24(14-17)21(26)15-8-10-18(22)11-9-15/h2-3,5,7-11,17H,4,6,12-14H2,1H3,(H,23,25)/t17-/m0/s1. The molecule has 0 radical (unpaired) electrons. The number of nitrogens with one attached hydrogen (secondary N) is 1. The van der Waals surface area contributed by atoms with E-state index in [1.54, 1.807) is 12.0 Å². The molecule has 0 bridgehead atoms. The fraction of sp³-hybridized carbons (Fsp3) is 0.333. The third kappa shape index (κ3) is 4.64. The summed E-state index contributed by atoms with van der Waals surface area (Å²) in [5, 5.41) is 2.94. The van der Waals surface area contributed by atoms with Gasteiger partial charge >= 0.3 is 0 Å². The van der Waals surface area contributed by atoms with E-state index in [0.717, 1.165) is 24.2 Å². The normalized spacial score (nSPS) is 16.7. The number of rotatable bonds is 5. The number of carbonyl (C=O) groups excluding carboxylic acids is 2. The molecular weight excluding hydrogens is 347 g/mol. The highest BCUT2D eigenvalue weighted by molar-refractivity contribution is 5.94. The molecule has 1 fully saturated rings. The van der Waals surface area contributed by atoms with E-state index < -0.39 is 0 Å². The largest absolute Gasteiger partial charge is 0.496 e. The number of ether oxygens (including phenoxy) is 1. The van der Waals surface area contributed by atoms with Crippen molar-refractivity contribution in [3.8, 4) is 5.75 Å². The van der Waals surface area contributed by atoms with Crippen LogP contribution in [0.3, 0.4) is 0 Å². The molecule has 0 saturated carbocycles. The van der Waals surface area contributed by atoms with Gasteiger partial charge in [0.2, 0.25) is 5.91 Å². The number of hydrogen-bond acceptors (Lipinski definition) is 3. The molecule has 142 valence electrons. The predicted molar refractivity (Wildman–Crippen MR) is 99.9 cm³/mol. The average Bonchev–Trinajstić information content (AvgIpc) is 2.72. The van der Waals surface area contributed by atoms with Crippen LogP contribution in [0.2, 0.25) is 0 Å². The number of carbonyl (C=O) groups is 2. The minimum absolute atomic E-state index is 0.0717. The molecule has 0 aromatic heterocycles. The molecule has 0 aliphatic carbocycles. The number of para-hydroxylation sites is 1.